The molecule has 1 nitrogen and oxygen atoms in total. The predicted molar refractivity (Wildman–Crippen MR) is 141 cm³/mol. The van der Waals surface area contributed by atoms with Crippen LogP contribution in [0.25, 0.3) is 32.3 Å². The zero-order valence-corrected chi connectivity index (χ0v) is 19.0. The molecule has 0 saturated carbocycles. The van der Waals surface area contributed by atoms with Gasteiger partial charge in [0.25, 0.3) is 0 Å². The molecule has 0 aliphatic heterocycles. The van der Waals surface area contributed by atoms with Crippen LogP contribution in [-0.4, -0.2) is 0 Å². The first-order valence-electron chi connectivity index (χ1n) is 10.7. The maximum absolute atomic E-state index is 3.60. The van der Waals surface area contributed by atoms with E-state index >= 15 is 0 Å². The summed E-state index contributed by atoms with van der Waals surface area (Å²) in [6.07, 6.45) is 0. The highest BCUT2D eigenvalue weighted by molar-refractivity contribution is 9.10. The Balaban J connectivity index is 1.74. The summed E-state index contributed by atoms with van der Waals surface area (Å²) in [6.45, 7) is 0. The van der Waals surface area contributed by atoms with Crippen molar-refractivity contribution < 1.29 is 0 Å². The maximum Gasteiger partial charge on any atom is 0.0546 e. The van der Waals surface area contributed by atoms with Crippen molar-refractivity contribution in [1.29, 1.82) is 0 Å². The first-order chi connectivity index (χ1) is 15.8. The van der Waals surface area contributed by atoms with Crippen LogP contribution in [0.1, 0.15) is 0 Å². The summed E-state index contributed by atoms with van der Waals surface area (Å²) in [5.74, 6) is 0. The van der Waals surface area contributed by atoms with Crippen LogP contribution in [0.4, 0.5) is 17.1 Å². The third-order valence-electron chi connectivity index (χ3n) is 6.08. The molecular weight excluding hydrogens is 454 g/mol. The van der Waals surface area contributed by atoms with Gasteiger partial charge >= 0.3 is 0 Å². The Morgan fingerprint density at radius 3 is 1.81 bits per heavy atom. The molecule has 0 radical (unpaired) electrons. The highest BCUT2D eigenvalue weighted by atomic mass is 79.9. The Bertz CT molecular complexity index is 1580. The van der Waals surface area contributed by atoms with Crippen molar-refractivity contribution in [2.45, 2.75) is 0 Å². The lowest BCUT2D eigenvalue weighted by Gasteiger charge is -2.28. The van der Waals surface area contributed by atoms with Gasteiger partial charge in [0.2, 0.25) is 0 Å². The van der Waals surface area contributed by atoms with Gasteiger partial charge in [-0.25, -0.2) is 0 Å². The van der Waals surface area contributed by atoms with Gasteiger partial charge in [0.1, 0.15) is 0 Å². The standard InChI is InChI=1S/C30H20BrN/c31-23-16-18-24(19-17-23)32(29-15-7-10-21-8-1-4-12-26(21)29)30-20-22-9-2-3-11-25(22)27-13-5-6-14-28(27)30/h1-20H. The van der Waals surface area contributed by atoms with Crippen molar-refractivity contribution >= 4 is 65.3 Å². The van der Waals surface area contributed by atoms with Crippen LogP contribution in [-0.2, 0) is 0 Å². The van der Waals surface area contributed by atoms with Crippen molar-refractivity contribution in [2.75, 3.05) is 4.90 Å². The van der Waals surface area contributed by atoms with Crippen molar-refractivity contribution in [3.8, 4) is 0 Å². The van der Waals surface area contributed by atoms with Gasteiger partial charge in [0.05, 0.1) is 11.4 Å². The molecule has 0 spiro atoms. The SMILES string of the molecule is Brc1ccc(N(c2cccc3ccccc23)c2cc3ccccc3c3ccccc23)cc1. The monoisotopic (exact) mass is 473 g/mol. The fourth-order valence-corrected chi connectivity index (χ4v) is 4.89. The minimum absolute atomic E-state index is 1.07. The van der Waals surface area contributed by atoms with Gasteiger partial charge in [-0.05, 0) is 57.9 Å². The fraction of sp³-hybridized carbons (Fsp3) is 0. The summed E-state index contributed by atoms with van der Waals surface area (Å²) < 4.78 is 1.07. The Morgan fingerprint density at radius 1 is 0.438 bits per heavy atom. The fourth-order valence-electron chi connectivity index (χ4n) is 4.62. The maximum atomic E-state index is 3.60. The van der Waals surface area contributed by atoms with E-state index in [0.717, 1.165) is 10.2 Å². The zero-order valence-electron chi connectivity index (χ0n) is 17.4. The molecule has 0 heterocycles. The molecule has 0 N–H and O–H groups in total. The van der Waals surface area contributed by atoms with Crippen LogP contribution in [0.3, 0.4) is 0 Å². The molecule has 0 aliphatic rings. The first kappa shape index (κ1) is 19.1. The van der Waals surface area contributed by atoms with Gasteiger partial charge in [-0.15, -0.1) is 0 Å². The number of hydrogen-bond acceptors (Lipinski definition) is 1. The molecule has 6 rings (SSSR count). The Hall–Kier alpha value is -3.62. The van der Waals surface area contributed by atoms with Crippen LogP contribution in [0.2, 0.25) is 0 Å². The van der Waals surface area contributed by atoms with E-state index in [2.05, 4.69) is 142 Å². The summed E-state index contributed by atoms with van der Waals surface area (Å²) in [5.41, 5.74) is 3.48. The van der Waals surface area contributed by atoms with Gasteiger partial charge in [0.15, 0.2) is 0 Å². The largest absolute Gasteiger partial charge is 0.309 e. The van der Waals surface area contributed by atoms with E-state index in [4.69, 9.17) is 0 Å². The van der Waals surface area contributed by atoms with Crippen molar-refractivity contribution in [1.82, 2.24) is 0 Å². The number of benzene rings is 6. The topological polar surface area (TPSA) is 3.24 Å². The number of hydrogen-bond donors (Lipinski definition) is 0. The van der Waals surface area contributed by atoms with E-state index in [1.165, 1.54) is 43.7 Å². The average Bonchev–Trinajstić information content (AvgIpc) is 2.85. The second-order valence-corrected chi connectivity index (χ2v) is 8.89. The quantitative estimate of drug-likeness (QED) is 0.231. The second-order valence-electron chi connectivity index (χ2n) is 7.97. The molecule has 0 amide bonds. The minimum atomic E-state index is 1.07. The van der Waals surface area contributed by atoms with E-state index < -0.39 is 0 Å². The Labute approximate surface area is 195 Å². The predicted octanol–water partition coefficient (Wildman–Crippen LogP) is 9.38. The van der Waals surface area contributed by atoms with Gasteiger partial charge in [-0.3, -0.25) is 0 Å². The van der Waals surface area contributed by atoms with Crippen LogP contribution >= 0.6 is 15.9 Å². The lowest BCUT2D eigenvalue weighted by atomic mass is 9.98. The third kappa shape index (κ3) is 3.16. The molecule has 0 bridgehead atoms. The second kappa shape index (κ2) is 7.81. The molecular formula is C30H20BrN. The average molecular weight is 474 g/mol. The highest BCUT2D eigenvalue weighted by Crippen LogP contribution is 2.44. The number of rotatable bonds is 3. The zero-order chi connectivity index (χ0) is 21.5. The van der Waals surface area contributed by atoms with Gasteiger partial charge in [-0.2, -0.15) is 0 Å². The number of nitrogens with zero attached hydrogens (tertiary/aromatic N) is 1. The molecule has 6 aromatic carbocycles. The lowest BCUT2D eigenvalue weighted by Crippen LogP contribution is -2.11. The minimum Gasteiger partial charge on any atom is -0.309 e. The normalized spacial score (nSPS) is 11.3. The molecule has 0 aromatic heterocycles. The van der Waals surface area contributed by atoms with Crippen LogP contribution in [0.15, 0.2) is 126 Å². The molecule has 152 valence electrons. The molecule has 0 atom stereocenters. The molecule has 6 aromatic rings. The van der Waals surface area contributed by atoms with Gasteiger partial charge < -0.3 is 4.90 Å². The van der Waals surface area contributed by atoms with E-state index in [1.807, 2.05) is 0 Å². The van der Waals surface area contributed by atoms with E-state index in [-0.39, 0.29) is 0 Å². The van der Waals surface area contributed by atoms with E-state index in [9.17, 15) is 0 Å². The van der Waals surface area contributed by atoms with Crippen LogP contribution in [0, 0.1) is 0 Å². The lowest BCUT2D eigenvalue weighted by molar-refractivity contribution is 1.31. The van der Waals surface area contributed by atoms with Gasteiger partial charge in [0, 0.05) is 20.9 Å². The number of halogens is 1. The summed E-state index contributed by atoms with van der Waals surface area (Å²) in [6, 6.07) is 43.4. The van der Waals surface area contributed by atoms with Crippen LogP contribution in [0.5, 0.6) is 0 Å². The van der Waals surface area contributed by atoms with Crippen molar-refractivity contribution in [3.05, 3.63) is 126 Å². The highest BCUT2D eigenvalue weighted by Gasteiger charge is 2.18. The Kier molecular flexibility index (Phi) is 4.66. The summed E-state index contributed by atoms with van der Waals surface area (Å²) in [5, 5.41) is 7.49. The van der Waals surface area contributed by atoms with E-state index in [0.29, 0.717) is 0 Å². The van der Waals surface area contributed by atoms with Gasteiger partial charge in [-0.1, -0.05) is 101 Å². The molecule has 32 heavy (non-hydrogen) atoms. The van der Waals surface area contributed by atoms with Crippen molar-refractivity contribution in [3.63, 3.8) is 0 Å². The van der Waals surface area contributed by atoms with E-state index in [1.54, 1.807) is 0 Å². The molecule has 2 heteroatoms. The molecule has 0 aliphatic carbocycles. The summed E-state index contributed by atoms with van der Waals surface area (Å²) >= 11 is 3.60. The number of anilines is 3. The third-order valence-corrected chi connectivity index (χ3v) is 6.61. The number of fused-ring (bicyclic) bond motifs is 4. The molecule has 0 saturated heterocycles. The van der Waals surface area contributed by atoms with Crippen LogP contribution < -0.4 is 4.90 Å². The molecule has 0 unspecified atom stereocenters. The summed E-state index contributed by atoms with van der Waals surface area (Å²) in [7, 11) is 0. The molecule has 0 fully saturated rings. The van der Waals surface area contributed by atoms with Crippen molar-refractivity contribution in [2.24, 2.45) is 0 Å². The first-order valence-corrected chi connectivity index (χ1v) is 11.5. The Morgan fingerprint density at radius 2 is 1.03 bits per heavy atom. The smallest absolute Gasteiger partial charge is 0.0546 e. The summed E-state index contributed by atoms with van der Waals surface area (Å²) in [4.78, 5) is 2.39.